The summed E-state index contributed by atoms with van der Waals surface area (Å²) in [7, 11) is 0. The summed E-state index contributed by atoms with van der Waals surface area (Å²) >= 11 is 4.89. The Morgan fingerprint density at radius 1 is 1.10 bits per heavy atom. The van der Waals surface area contributed by atoms with Crippen molar-refractivity contribution in [1.82, 2.24) is 4.90 Å². The summed E-state index contributed by atoms with van der Waals surface area (Å²) in [4.78, 5) is 25.7. The van der Waals surface area contributed by atoms with E-state index in [0.717, 1.165) is 25.7 Å². The van der Waals surface area contributed by atoms with Gasteiger partial charge in [0, 0.05) is 17.2 Å². The topological polar surface area (TPSA) is 89.4 Å². The van der Waals surface area contributed by atoms with Crippen LogP contribution in [0, 0.1) is 0 Å². The van der Waals surface area contributed by atoms with Crippen LogP contribution in [0.25, 0.3) is 0 Å². The molecule has 1 aliphatic carbocycles. The van der Waals surface area contributed by atoms with Gasteiger partial charge >= 0.3 is 0 Å². The van der Waals surface area contributed by atoms with Gasteiger partial charge < -0.3 is 16.4 Å². The highest BCUT2D eigenvalue weighted by molar-refractivity contribution is 7.80. The van der Waals surface area contributed by atoms with E-state index in [4.69, 9.17) is 23.7 Å². The van der Waals surface area contributed by atoms with Crippen molar-refractivity contribution in [1.29, 1.82) is 0 Å². The summed E-state index contributed by atoms with van der Waals surface area (Å²) in [5.41, 5.74) is 12.0. The smallest absolute Gasteiger partial charge is 0.254 e. The average molecular weight is 305 g/mol. The van der Waals surface area contributed by atoms with Gasteiger partial charge in [-0.3, -0.25) is 9.59 Å². The van der Waals surface area contributed by atoms with Crippen LogP contribution in [0.15, 0.2) is 24.3 Å². The van der Waals surface area contributed by atoms with Gasteiger partial charge in [-0.25, -0.2) is 0 Å². The molecule has 2 rings (SSSR count). The number of carbonyl (C=O) groups excluding carboxylic acids is 2. The quantitative estimate of drug-likeness (QED) is 0.800. The molecule has 4 N–H and O–H groups in total. The normalized spacial score (nSPS) is 14.9. The predicted octanol–water partition coefficient (Wildman–Crippen LogP) is 1.19. The third-order valence-corrected chi connectivity index (χ3v) is 4.00. The van der Waals surface area contributed by atoms with E-state index >= 15 is 0 Å². The Kier molecular flexibility index (Phi) is 4.90. The Morgan fingerprint density at radius 2 is 1.62 bits per heavy atom. The molecule has 0 radical (unpaired) electrons. The molecule has 0 bridgehead atoms. The number of nitrogens with two attached hydrogens (primary N) is 2. The third-order valence-electron chi connectivity index (χ3n) is 3.77. The molecule has 1 aromatic carbocycles. The van der Waals surface area contributed by atoms with Crippen LogP contribution in [-0.2, 0) is 4.79 Å². The molecule has 1 fully saturated rings. The lowest BCUT2D eigenvalue weighted by molar-refractivity contribution is -0.119. The number of hydrogen-bond acceptors (Lipinski definition) is 3. The first-order chi connectivity index (χ1) is 9.99. The van der Waals surface area contributed by atoms with Gasteiger partial charge in [0.05, 0.1) is 6.54 Å². The second-order valence-corrected chi connectivity index (χ2v) is 5.72. The van der Waals surface area contributed by atoms with E-state index in [9.17, 15) is 9.59 Å². The minimum atomic E-state index is -0.491. The van der Waals surface area contributed by atoms with Crippen molar-refractivity contribution in [2.75, 3.05) is 6.54 Å². The first-order valence-electron chi connectivity index (χ1n) is 6.98. The van der Waals surface area contributed by atoms with Gasteiger partial charge in [0.2, 0.25) is 5.91 Å². The summed E-state index contributed by atoms with van der Waals surface area (Å²) in [5.74, 6) is -0.662. The van der Waals surface area contributed by atoms with Crippen molar-refractivity contribution < 1.29 is 9.59 Å². The van der Waals surface area contributed by atoms with Crippen LogP contribution in [0.2, 0.25) is 0 Å². The van der Waals surface area contributed by atoms with Gasteiger partial charge in [-0.1, -0.05) is 37.2 Å². The van der Waals surface area contributed by atoms with Gasteiger partial charge in [-0.05, 0) is 25.0 Å². The highest BCUT2D eigenvalue weighted by Gasteiger charge is 2.28. The van der Waals surface area contributed by atoms with Crippen LogP contribution in [0.5, 0.6) is 0 Å². The number of nitrogens with zero attached hydrogens (tertiary/aromatic N) is 1. The molecule has 1 aromatic rings. The average Bonchev–Trinajstić information content (AvgIpc) is 2.98. The molecule has 1 saturated carbocycles. The molecule has 1 aliphatic rings. The Balaban J connectivity index is 2.20. The number of rotatable bonds is 5. The lowest BCUT2D eigenvalue weighted by Crippen LogP contribution is -2.44. The monoisotopic (exact) mass is 305 g/mol. The second-order valence-electron chi connectivity index (χ2n) is 5.28. The molecule has 21 heavy (non-hydrogen) atoms. The van der Waals surface area contributed by atoms with E-state index in [2.05, 4.69) is 0 Å². The Labute approximate surface area is 129 Å². The Hall–Kier alpha value is -1.95. The highest BCUT2D eigenvalue weighted by atomic mass is 32.1. The molecule has 112 valence electrons. The van der Waals surface area contributed by atoms with E-state index in [1.54, 1.807) is 29.2 Å². The lowest BCUT2D eigenvalue weighted by atomic mass is 10.1. The molecule has 0 saturated heterocycles. The molecule has 0 heterocycles. The first-order valence-corrected chi connectivity index (χ1v) is 7.39. The van der Waals surface area contributed by atoms with E-state index < -0.39 is 5.91 Å². The number of amides is 2. The zero-order valence-electron chi connectivity index (χ0n) is 11.7. The van der Waals surface area contributed by atoms with Crippen LogP contribution in [-0.4, -0.2) is 34.3 Å². The summed E-state index contributed by atoms with van der Waals surface area (Å²) in [6.07, 6.45) is 4.00. The number of hydrogen-bond donors (Lipinski definition) is 2. The van der Waals surface area contributed by atoms with E-state index in [1.165, 1.54) is 0 Å². The first kappa shape index (κ1) is 15.4. The third kappa shape index (κ3) is 3.78. The van der Waals surface area contributed by atoms with E-state index in [0.29, 0.717) is 16.1 Å². The maximum atomic E-state index is 12.6. The number of thiocarbonyl (C=S) groups is 1. The molecule has 0 unspecified atom stereocenters. The van der Waals surface area contributed by atoms with Crippen LogP contribution >= 0.6 is 12.2 Å². The van der Waals surface area contributed by atoms with Crippen molar-refractivity contribution >= 4 is 29.0 Å². The van der Waals surface area contributed by atoms with Gasteiger partial charge in [0.25, 0.3) is 5.91 Å². The fourth-order valence-corrected chi connectivity index (χ4v) is 2.83. The number of primary amides is 1. The van der Waals surface area contributed by atoms with Gasteiger partial charge in [0.1, 0.15) is 4.99 Å². The molecule has 5 nitrogen and oxygen atoms in total. The highest BCUT2D eigenvalue weighted by Crippen LogP contribution is 2.24. The maximum absolute atomic E-state index is 12.6. The van der Waals surface area contributed by atoms with Gasteiger partial charge in [-0.2, -0.15) is 0 Å². The fourth-order valence-electron chi connectivity index (χ4n) is 2.69. The predicted molar refractivity (Wildman–Crippen MR) is 84.8 cm³/mol. The number of benzene rings is 1. The molecule has 6 heteroatoms. The molecular formula is C15H19N3O2S. The van der Waals surface area contributed by atoms with Crippen molar-refractivity contribution in [2.45, 2.75) is 31.7 Å². The van der Waals surface area contributed by atoms with Crippen molar-refractivity contribution in [3.8, 4) is 0 Å². The van der Waals surface area contributed by atoms with Crippen LogP contribution in [0.3, 0.4) is 0 Å². The van der Waals surface area contributed by atoms with Crippen molar-refractivity contribution in [3.63, 3.8) is 0 Å². The maximum Gasteiger partial charge on any atom is 0.254 e. The molecule has 0 spiro atoms. The molecule has 0 atom stereocenters. The lowest BCUT2D eigenvalue weighted by Gasteiger charge is -2.27. The zero-order valence-corrected chi connectivity index (χ0v) is 12.6. The largest absolute Gasteiger partial charge is 0.389 e. The van der Waals surface area contributed by atoms with Gasteiger partial charge in [-0.15, -0.1) is 0 Å². The van der Waals surface area contributed by atoms with Crippen molar-refractivity contribution in [2.24, 2.45) is 11.5 Å². The molecule has 2 amide bonds. The second kappa shape index (κ2) is 6.67. The van der Waals surface area contributed by atoms with Gasteiger partial charge in [0.15, 0.2) is 0 Å². The van der Waals surface area contributed by atoms with Crippen molar-refractivity contribution in [3.05, 3.63) is 35.4 Å². The SMILES string of the molecule is NC(=O)CN(C(=O)c1ccc(C(N)=S)cc1)C1CCCC1. The fraction of sp³-hybridized carbons (Fsp3) is 0.400. The van der Waals surface area contributed by atoms with E-state index in [1.807, 2.05) is 0 Å². The Morgan fingerprint density at radius 3 is 2.10 bits per heavy atom. The minimum Gasteiger partial charge on any atom is -0.389 e. The summed E-state index contributed by atoms with van der Waals surface area (Å²) in [5, 5.41) is 0. The summed E-state index contributed by atoms with van der Waals surface area (Å²) in [6, 6.07) is 6.89. The molecule has 0 aromatic heterocycles. The summed E-state index contributed by atoms with van der Waals surface area (Å²) in [6.45, 7) is -0.0411. The molecule has 0 aliphatic heterocycles. The van der Waals surface area contributed by atoms with Crippen LogP contribution in [0.1, 0.15) is 41.6 Å². The van der Waals surface area contributed by atoms with Crippen LogP contribution < -0.4 is 11.5 Å². The van der Waals surface area contributed by atoms with E-state index in [-0.39, 0.29) is 18.5 Å². The zero-order chi connectivity index (χ0) is 15.4. The summed E-state index contributed by atoms with van der Waals surface area (Å²) < 4.78 is 0. The Bertz CT molecular complexity index is 551. The van der Waals surface area contributed by atoms with Crippen LogP contribution in [0.4, 0.5) is 0 Å². The minimum absolute atomic E-state index is 0.0411. The molecular weight excluding hydrogens is 286 g/mol. The standard InChI is InChI=1S/C15H19N3O2S/c16-13(19)9-18(12-3-1-2-4-12)15(20)11-7-5-10(6-8-11)14(17)21/h5-8,12H,1-4,9H2,(H2,16,19)(H2,17,21). The number of carbonyl (C=O) groups is 2.